The van der Waals surface area contributed by atoms with E-state index < -0.39 is 8.56 Å². The lowest BCUT2D eigenvalue weighted by Crippen LogP contribution is -2.42. The highest BCUT2D eigenvalue weighted by Crippen LogP contribution is 2.28. The molecule has 0 spiro atoms. The maximum atomic E-state index is 10.8. The fraction of sp³-hybridized carbons (Fsp3) is 0.462. The molecule has 18 heavy (non-hydrogen) atoms. The van der Waals surface area contributed by atoms with E-state index in [-0.39, 0.29) is 11.5 Å². The number of hydrogen-bond donors (Lipinski definition) is 0. The van der Waals surface area contributed by atoms with E-state index >= 15 is 0 Å². The van der Waals surface area contributed by atoms with Gasteiger partial charge in [-0.3, -0.25) is 4.79 Å². The van der Waals surface area contributed by atoms with Crippen molar-refractivity contribution in [1.29, 1.82) is 0 Å². The number of ether oxygens (including phenoxy) is 1. The van der Waals surface area contributed by atoms with E-state index in [1.165, 1.54) is 6.92 Å². The van der Waals surface area contributed by atoms with Gasteiger partial charge in [-0.15, -0.1) is 0 Å². The van der Waals surface area contributed by atoms with E-state index in [0.29, 0.717) is 5.75 Å². The first-order valence-electron chi connectivity index (χ1n) is 5.81. The Balaban J connectivity index is 2.87. The molecule has 0 fully saturated rings. The minimum absolute atomic E-state index is 0.193. The first kappa shape index (κ1) is 14.9. The number of hydrogen-bond acceptors (Lipinski definition) is 4. The highest BCUT2D eigenvalue weighted by Gasteiger charge is 2.37. The minimum atomic E-state index is -2.20. The number of benzene rings is 1. The van der Waals surface area contributed by atoms with Crippen molar-refractivity contribution in [2.45, 2.75) is 25.9 Å². The van der Waals surface area contributed by atoms with Crippen molar-refractivity contribution >= 4 is 14.5 Å². The van der Waals surface area contributed by atoms with Gasteiger partial charge in [0.15, 0.2) is 0 Å². The third kappa shape index (κ3) is 3.41. The lowest BCUT2D eigenvalue weighted by molar-refractivity contribution is -0.131. The van der Waals surface area contributed by atoms with Gasteiger partial charge in [0, 0.05) is 26.7 Å². The second-order valence-corrected chi connectivity index (χ2v) is 8.02. The third-order valence-electron chi connectivity index (χ3n) is 3.24. The Labute approximate surface area is 109 Å². The molecule has 0 aliphatic rings. The number of rotatable bonds is 5. The van der Waals surface area contributed by atoms with E-state index in [1.54, 1.807) is 26.4 Å². The Kier molecular flexibility index (Phi) is 5.07. The molecule has 0 radical (unpaired) electrons. The summed E-state index contributed by atoms with van der Waals surface area (Å²) in [6, 6.07) is 7.44. The Morgan fingerprint density at radius 3 is 2.06 bits per heavy atom. The fourth-order valence-electron chi connectivity index (χ4n) is 1.73. The van der Waals surface area contributed by atoms with Crippen LogP contribution in [0.25, 0.3) is 0 Å². The van der Waals surface area contributed by atoms with Gasteiger partial charge < -0.3 is 13.6 Å². The van der Waals surface area contributed by atoms with E-state index in [4.69, 9.17) is 13.6 Å². The summed E-state index contributed by atoms with van der Waals surface area (Å²) in [5.41, 5.74) is 1.31. The standard InChI is InChI=1S/C13H20O4Si/c1-10(18(5,15-3)16-4)12-6-8-13(9-7-12)17-11(2)14/h6-10H,1-5H3. The summed E-state index contributed by atoms with van der Waals surface area (Å²) in [7, 11) is 1.16. The lowest BCUT2D eigenvalue weighted by Gasteiger charge is -2.29. The van der Waals surface area contributed by atoms with Crippen LogP contribution in [0.1, 0.15) is 25.0 Å². The van der Waals surface area contributed by atoms with Crippen LogP contribution < -0.4 is 4.74 Å². The van der Waals surface area contributed by atoms with Gasteiger partial charge in [0.1, 0.15) is 5.75 Å². The van der Waals surface area contributed by atoms with Crippen LogP contribution >= 0.6 is 0 Å². The van der Waals surface area contributed by atoms with Gasteiger partial charge in [0.2, 0.25) is 0 Å². The number of carbonyl (C=O) groups is 1. The molecule has 1 aromatic rings. The Morgan fingerprint density at radius 2 is 1.67 bits per heavy atom. The zero-order valence-electron chi connectivity index (χ0n) is 11.5. The van der Waals surface area contributed by atoms with Crippen LogP contribution in [0, 0.1) is 0 Å². The van der Waals surface area contributed by atoms with Gasteiger partial charge in [-0.25, -0.2) is 0 Å². The van der Waals surface area contributed by atoms with Crippen molar-refractivity contribution in [3.8, 4) is 5.75 Å². The molecule has 1 rings (SSSR count). The van der Waals surface area contributed by atoms with Crippen molar-refractivity contribution < 1.29 is 18.4 Å². The lowest BCUT2D eigenvalue weighted by atomic mass is 10.1. The van der Waals surface area contributed by atoms with Crippen molar-refractivity contribution in [1.82, 2.24) is 0 Å². The monoisotopic (exact) mass is 268 g/mol. The molecule has 0 N–H and O–H groups in total. The highest BCUT2D eigenvalue weighted by atomic mass is 28.4. The number of carbonyl (C=O) groups excluding carboxylic acids is 1. The minimum Gasteiger partial charge on any atom is -0.427 e. The summed E-state index contributed by atoms with van der Waals surface area (Å²) in [5.74, 6) is 0.237. The van der Waals surface area contributed by atoms with Gasteiger partial charge in [0.25, 0.3) is 0 Å². The van der Waals surface area contributed by atoms with Crippen LogP contribution in [-0.4, -0.2) is 28.7 Å². The Hall–Kier alpha value is -1.17. The van der Waals surface area contributed by atoms with Crippen molar-refractivity contribution in [3.63, 3.8) is 0 Å². The van der Waals surface area contributed by atoms with Crippen molar-refractivity contribution in [2.75, 3.05) is 14.2 Å². The molecule has 0 bridgehead atoms. The summed E-state index contributed by atoms with van der Waals surface area (Å²) >= 11 is 0. The molecule has 0 heterocycles. The molecular formula is C13H20O4Si. The molecule has 0 aliphatic heterocycles. The Bertz CT molecular complexity index is 398. The van der Waals surface area contributed by atoms with Gasteiger partial charge in [-0.2, -0.15) is 0 Å². The quantitative estimate of drug-likeness (QED) is 0.468. The zero-order valence-corrected chi connectivity index (χ0v) is 12.5. The van der Waals surface area contributed by atoms with E-state index in [0.717, 1.165) is 5.56 Å². The molecule has 1 unspecified atom stereocenters. The van der Waals surface area contributed by atoms with Gasteiger partial charge >= 0.3 is 14.5 Å². The summed E-state index contributed by atoms with van der Waals surface area (Å²) < 4.78 is 16.1. The fourth-order valence-corrected chi connectivity index (χ4v) is 3.40. The van der Waals surface area contributed by atoms with Crippen LogP contribution in [0.5, 0.6) is 5.75 Å². The zero-order chi connectivity index (χ0) is 13.8. The average molecular weight is 268 g/mol. The molecule has 1 atom stereocenters. The topological polar surface area (TPSA) is 44.8 Å². The second kappa shape index (κ2) is 6.13. The van der Waals surface area contributed by atoms with Gasteiger partial charge in [-0.1, -0.05) is 19.1 Å². The molecule has 100 valence electrons. The van der Waals surface area contributed by atoms with Crippen LogP contribution in [0.15, 0.2) is 24.3 Å². The molecule has 0 aliphatic carbocycles. The Morgan fingerprint density at radius 1 is 1.17 bits per heavy atom. The average Bonchev–Trinajstić information content (AvgIpc) is 2.37. The van der Waals surface area contributed by atoms with E-state index in [9.17, 15) is 4.79 Å². The van der Waals surface area contributed by atoms with Crippen molar-refractivity contribution in [2.24, 2.45) is 0 Å². The number of esters is 1. The van der Waals surface area contributed by atoms with Gasteiger partial charge in [-0.05, 0) is 24.2 Å². The van der Waals surface area contributed by atoms with E-state index in [2.05, 4.69) is 6.92 Å². The second-order valence-electron chi connectivity index (χ2n) is 4.31. The summed E-state index contributed by atoms with van der Waals surface area (Å²) in [5, 5.41) is 0. The molecule has 0 saturated carbocycles. The molecule has 4 nitrogen and oxygen atoms in total. The van der Waals surface area contributed by atoms with Crippen molar-refractivity contribution in [3.05, 3.63) is 29.8 Å². The molecule has 1 aromatic carbocycles. The van der Waals surface area contributed by atoms with Crippen LogP contribution in [0.2, 0.25) is 6.55 Å². The maximum absolute atomic E-state index is 10.8. The predicted octanol–water partition coefficient (Wildman–Crippen LogP) is 2.62. The SMILES string of the molecule is CO[Si](C)(OC)C(C)c1ccc(OC(C)=O)cc1. The molecule has 0 saturated heterocycles. The van der Waals surface area contributed by atoms with Crippen LogP contribution in [0.4, 0.5) is 0 Å². The van der Waals surface area contributed by atoms with E-state index in [1.807, 2.05) is 18.7 Å². The van der Waals surface area contributed by atoms with Crippen LogP contribution in [0.3, 0.4) is 0 Å². The normalized spacial score (nSPS) is 13.2. The smallest absolute Gasteiger partial charge is 0.341 e. The molecule has 5 heteroatoms. The predicted molar refractivity (Wildman–Crippen MR) is 71.8 cm³/mol. The maximum Gasteiger partial charge on any atom is 0.341 e. The first-order chi connectivity index (χ1) is 8.42. The largest absolute Gasteiger partial charge is 0.427 e. The summed E-state index contributed by atoms with van der Waals surface area (Å²) in [6.07, 6.45) is 0. The molecular weight excluding hydrogens is 248 g/mol. The summed E-state index contributed by atoms with van der Waals surface area (Å²) in [4.78, 5) is 10.8. The molecule has 0 aromatic heterocycles. The van der Waals surface area contributed by atoms with Crippen LogP contribution in [-0.2, 0) is 13.6 Å². The summed E-state index contributed by atoms with van der Waals surface area (Å²) in [6.45, 7) is 5.49. The highest BCUT2D eigenvalue weighted by molar-refractivity contribution is 6.67. The van der Waals surface area contributed by atoms with Gasteiger partial charge in [0.05, 0.1) is 0 Å². The molecule has 0 amide bonds. The third-order valence-corrected chi connectivity index (χ3v) is 6.77. The first-order valence-corrected chi connectivity index (χ1v) is 8.21.